The Hall–Kier alpha value is -0.900. The first-order valence-electron chi connectivity index (χ1n) is 4.44. The highest BCUT2D eigenvalue weighted by atomic mass is 16.6. The molecule has 13 heavy (non-hydrogen) atoms. The third kappa shape index (κ3) is 2.06. The van der Waals surface area contributed by atoms with Gasteiger partial charge in [0, 0.05) is 6.54 Å². The number of hydrogen-bond donors (Lipinski definition) is 2. The topological polar surface area (TPSA) is 41.5 Å². The average molecular weight is 179 g/mol. The Kier molecular flexibility index (Phi) is 2.59. The third-order valence-corrected chi connectivity index (χ3v) is 2.20. The normalized spacial score (nSPS) is 28.7. The molecular weight excluding hydrogens is 166 g/mol. The van der Waals surface area contributed by atoms with Crippen molar-refractivity contribution < 1.29 is 9.84 Å². The molecule has 2 rings (SSSR count). The molecule has 1 aromatic rings. The van der Waals surface area contributed by atoms with Crippen molar-refractivity contribution in [3.8, 4) is 0 Å². The molecule has 0 saturated carbocycles. The van der Waals surface area contributed by atoms with E-state index in [1.54, 1.807) is 0 Å². The minimum Gasteiger partial charge on any atom is -0.367 e. The lowest BCUT2D eigenvalue weighted by molar-refractivity contribution is -0.126. The van der Waals surface area contributed by atoms with E-state index in [9.17, 15) is 0 Å². The van der Waals surface area contributed by atoms with E-state index in [2.05, 4.69) is 17.4 Å². The maximum absolute atomic E-state index is 9.09. The fourth-order valence-corrected chi connectivity index (χ4v) is 1.47. The fraction of sp³-hybridized carbons (Fsp3) is 0.400. The van der Waals surface area contributed by atoms with Crippen LogP contribution in [0.4, 0.5) is 0 Å². The number of benzene rings is 1. The number of morpholine rings is 1. The second kappa shape index (κ2) is 3.87. The number of rotatable bonds is 1. The molecule has 3 nitrogen and oxygen atoms in total. The molecule has 0 aliphatic carbocycles. The van der Waals surface area contributed by atoms with E-state index >= 15 is 0 Å². The predicted molar refractivity (Wildman–Crippen MR) is 49.1 cm³/mol. The Labute approximate surface area is 77.3 Å². The Morgan fingerprint density at radius 3 is 2.69 bits per heavy atom. The second-order valence-corrected chi connectivity index (χ2v) is 3.16. The van der Waals surface area contributed by atoms with E-state index < -0.39 is 6.29 Å². The van der Waals surface area contributed by atoms with Gasteiger partial charge in [-0.15, -0.1) is 0 Å². The molecule has 0 radical (unpaired) electrons. The zero-order chi connectivity index (χ0) is 9.10. The number of aliphatic hydroxyl groups is 1. The summed E-state index contributed by atoms with van der Waals surface area (Å²) in [5, 5.41) is 12.3. The molecule has 70 valence electrons. The quantitative estimate of drug-likeness (QED) is 0.665. The molecule has 2 atom stereocenters. The zero-order valence-corrected chi connectivity index (χ0v) is 7.31. The van der Waals surface area contributed by atoms with Gasteiger partial charge in [-0.3, -0.25) is 0 Å². The molecule has 3 heteroatoms. The SMILES string of the molecule is OC1CNC(c2ccccc2)CO1. The predicted octanol–water partition coefficient (Wildman–Crippen LogP) is 0.666. The van der Waals surface area contributed by atoms with Crippen molar-refractivity contribution in [2.45, 2.75) is 12.3 Å². The second-order valence-electron chi connectivity index (χ2n) is 3.16. The molecule has 2 N–H and O–H groups in total. The highest BCUT2D eigenvalue weighted by molar-refractivity contribution is 5.19. The van der Waals surface area contributed by atoms with Crippen molar-refractivity contribution in [2.24, 2.45) is 0 Å². The van der Waals surface area contributed by atoms with Gasteiger partial charge in [0.05, 0.1) is 12.6 Å². The molecule has 1 aromatic carbocycles. The van der Waals surface area contributed by atoms with E-state index in [1.807, 2.05) is 18.2 Å². The number of hydrogen-bond acceptors (Lipinski definition) is 3. The summed E-state index contributed by atoms with van der Waals surface area (Å²) in [5.41, 5.74) is 1.20. The highest BCUT2D eigenvalue weighted by Crippen LogP contribution is 2.16. The van der Waals surface area contributed by atoms with Crippen LogP contribution in [-0.2, 0) is 4.74 Å². The number of ether oxygens (including phenoxy) is 1. The van der Waals surface area contributed by atoms with Crippen LogP contribution in [0.5, 0.6) is 0 Å². The van der Waals surface area contributed by atoms with Gasteiger partial charge in [-0.1, -0.05) is 30.3 Å². The Morgan fingerprint density at radius 2 is 2.08 bits per heavy atom. The summed E-state index contributed by atoms with van der Waals surface area (Å²) < 4.78 is 5.14. The highest BCUT2D eigenvalue weighted by Gasteiger charge is 2.19. The van der Waals surface area contributed by atoms with E-state index in [-0.39, 0.29) is 6.04 Å². The van der Waals surface area contributed by atoms with Crippen molar-refractivity contribution >= 4 is 0 Å². The van der Waals surface area contributed by atoms with Gasteiger partial charge in [-0.2, -0.15) is 0 Å². The molecule has 1 aliphatic rings. The molecule has 0 aromatic heterocycles. The van der Waals surface area contributed by atoms with Crippen molar-refractivity contribution in [2.75, 3.05) is 13.2 Å². The first-order valence-corrected chi connectivity index (χ1v) is 4.44. The van der Waals surface area contributed by atoms with Crippen LogP contribution in [0.1, 0.15) is 11.6 Å². The van der Waals surface area contributed by atoms with Gasteiger partial charge in [0.1, 0.15) is 0 Å². The summed E-state index contributed by atoms with van der Waals surface area (Å²) in [4.78, 5) is 0. The fourth-order valence-electron chi connectivity index (χ4n) is 1.47. The summed E-state index contributed by atoms with van der Waals surface area (Å²) in [6.45, 7) is 1.03. The van der Waals surface area contributed by atoms with Crippen LogP contribution < -0.4 is 5.32 Å². The lowest BCUT2D eigenvalue weighted by Gasteiger charge is -2.27. The lowest BCUT2D eigenvalue weighted by Crippen LogP contribution is -2.40. The number of aliphatic hydroxyl groups excluding tert-OH is 1. The smallest absolute Gasteiger partial charge is 0.167 e. The maximum Gasteiger partial charge on any atom is 0.167 e. The van der Waals surface area contributed by atoms with Gasteiger partial charge >= 0.3 is 0 Å². The van der Waals surface area contributed by atoms with Crippen LogP contribution in [0.25, 0.3) is 0 Å². The van der Waals surface area contributed by atoms with Crippen molar-refractivity contribution in [3.05, 3.63) is 35.9 Å². The standard InChI is InChI=1S/C10H13NO2/c12-10-6-11-9(7-13-10)8-4-2-1-3-5-8/h1-5,9-12H,6-7H2. The van der Waals surface area contributed by atoms with E-state index in [0.717, 1.165) is 0 Å². The molecular formula is C10H13NO2. The molecule has 1 heterocycles. The van der Waals surface area contributed by atoms with Gasteiger partial charge in [0.2, 0.25) is 0 Å². The average Bonchev–Trinajstić information content (AvgIpc) is 2.20. The summed E-state index contributed by atoms with van der Waals surface area (Å²) in [5.74, 6) is 0. The van der Waals surface area contributed by atoms with E-state index in [1.165, 1.54) is 5.56 Å². The molecule has 1 fully saturated rings. The van der Waals surface area contributed by atoms with Crippen molar-refractivity contribution in [1.29, 1.82) is 0 Å². The van der Waals surface area contributed by atoms with Gasteiger partial charge < -0.3 is 15.2 Å². The van der Waals surface area contributed by atoms with Crippen molar-refractivity contribution in [3.63, 3.8) is 0 Å². The first-order chi connectivity index (χ1) is 6.36. The van der Waals surface area contributed by atoms with E-state index in [0.29, 0.717) is 13.2 Å². The number of β-amino-alcohol motifs (C(OH)–C–C–N with tert-alkyl or cyclic N) is 1. The monoisotopic (exact) mass is 179 g/mol. The van der Waals surface area contributed by atoms with Crippen molar-refractivity contribution in [1.82, 2.24) is 5.32 Å². The largest absolute Gasteiger partial charge is 0.367 e. The summed E-state index contributed by atoms with van der Waals surface area (Å²) in [7, 11) is 0. The Balaban J connectivity index is 2.03. The van der Waals surface area contributed by atoms with Gasteiger partial charge in [0.15, 0.2) is 6.29 Å². The lowest BCUT2D eigenvalue weighted by atomic mass is 10.1. The van der Waals surface area contributed by atoms with Gasteiger partial charge in [0.25, 0.3) is 0 Å². The Bertz CT molecular complexity index is 255. The maximum atomic E-state index is 9.09. The molecule has 0 amide bonds. The van der Waals surface area contributed by atoms with Crippen LogP contribution in [0.15, 0.2) is 30.3 Å². The van der Waals surface area contributed by atoms with Crippen LogP contribution >= 0.6 is 0 Å². The molecule has 1 saturated heterocycles. The summed E-state index contributed by atoms with van der Waals surface area (Å²) in [6.07, 6.45) is -0.653. The minimum absolute atomic E-state index is 0.213. The summed E-state index contributed by atoms with van der Waals surface area (Å²) >= 11 is 0. The van der Waals surface area contributed by atoms with E-state index in [4.69, 9.17) is 9.84 Å². The van der Waals surface area contributed by atoms with Gasteiger partial charge in [-0.05, 0) is 5.56 Å². The molecule has 0 bridgehead atoms. The number of nitrogens with one attached hydrogen (secondary N) is 1. The molecule has 0 spiro atoms. The molecule has 2 unspecified atom stereocenters. The molecule has 1 aliphatic heterocycles. The van der Waals surface area contributed by atoms with Gasteiger partial charge in [-0.25, -0.2) is 0 Å². The van der Waals surface area contributed by atoms with Crippen LogP contribution in [0, 0.1) is 0 Å². The van der Waals surface area contributed by atoms with Crippen LogP contribution in [0.2, 0.25) is 0 Å². The first kappa shape index (κ1) is 8.69. The minimum atomic E-state index is -0.653. The van der Waals surface area contributed by atoms with Crippen LogP contribution in [-0.4, -0.2) is 24.5 Å². The zero-order valence-electron chi connectivity index (χ0n) is 7.31. The third-order valence-electron chi connectivity index (χ3n) is 2.20. The summed E-state index contributed by atoms with van der Waals surface area (Å²) in [6, 6.07) is 10.3. The van der Waals surface area contributed by atoms with Crippen LogP contribution in [0.3, 0.4) is 0 Å². The Morgan fingerprint density at radius 1 is 1.31 bits per heavy atom.